The summed E-state index contributed by atoms with van der Waals surface area (Å²) < 4.78 is 41.1. The smallest absolute Gasteiger partial charge is 0.267 e. The van der Waals surface area contributed by atoms with Gasteiger partial charge >= 0.3 is 6.18 Å². The normalized spacial score (nSPS) is 11.9. The molecular formula is C15H7BrClF3N2O. The summed E-state index contributed by atoms with van der Waals surface area (Å²) in [5.74, 6) is -0.934. The first-order valence-corrected chi connectivity index (χ1v) is 7.50. The van der Waals surface area contributed by atoms with E-state index in [1.165, 1.54) is 12.3 Å². The van der Waals surface area contributed by atoms with Crippen molar-refractivity contribution in [2.24, 2.45) is 0 Å². The van der Waals surface area contributed by atoms with Gasteiger partial charge in [-0.05, 0) is 24.3 Å². The number of aromatic nitrogens is 2. The SMILES string of the molecule is O=C(c1c(Cl)cccc1C(F)(F)F)n1ncc2ccc(Br)cc21. The molecule has 3 rings (SSSR count). The van der Waals surface area contributed by atoms with Crippen molar-refractivity contribution in [3.8, 4) is 0 Å². The van der Waals surface area contributed by atoms with Crippen LogP contribution in [0.2, 0.25) is 5.02 Å². The highest BCUT2D eigenvalue weighted by atomic mass is 79.9. The monoisotopic (exact) mass is 402 g/mol. The molecule has 0 atom stereocenters. The van der Waals surface area contributed by atoms with Gasteiger partial charge in [-0.25, -0.2) is 0 Å². The van der Waals surface area contributed by atoms with Crippen LogP contribution < -0.4 is 0 Å². The van der Waals surface area contributed by atoms with Crippen LogP contribution >= 0.6 is 27.5 Å². The summed E-state index contributed by atoms with van der Waals surface area (Å²) in [5, 5.41) is 4.25. The van der Waals surface area contributed by atoms with E-state index in [0.717, 1.165) is 16.8 Å². The fourth-order valence-corrected chi connectivity index (χ4v) is 2.84. The van der Waals surface area contributed by atoms with Gasteiger partial charge in [0.1, 0.15) is 0 Å². The summed E-state index contributed by atoms with van der Waals surface area (Å²) in [7, 11) is 0. The molecule has 0 bridgehead atoms. The van der Waals surface area contributed by atoms with Crippen molar-refractivity contribution in [1.82, 2.24) is 9.78 Å². The summed E-state index contributed by atoms with van der Waals surface area (Å²) in [6, 6.07) is 8.26. The third kappa shape index (κ3) is 2.86. The third-order valence-corrected chi connectivity index (χ3v) is 4.07. The lowest BCUT2D eigenvalue weighted by molar-refractivity contribution is -0.137. The van der Waals surface area contributed by atoms with E-state index in [1.807, 2.05) is 0 Å². The van der Waals surface area contributed by atoms with Crippen LogP contribution in [0.3, 0.4) is 0 Å². The Bertz CT molecular complexity index is 921. The molecule has 1 heterocycles. The van der Waals surface area contributed by atoms with Gasteiger partial charge in [0.25, 0.3) is 5.91 Å². The molecule has 8 heteroatoms. The van der Waals surface area contributed by atoms with Crippen LogP contribution in [0.5, 0.6) is 0 Å². The Morgan fingerprint density at radius 1 is 1.22 bits per heavy atom. The van der Waals surface area contributed by atoms with Crippen molar-refractivity contribution in [2.45, 2.75) is 6.18 Å². The van der Waals surface area contributed by atoms with Crippen LogP contribution in [-0.2, 0) is 6.18 Å². The standard InChI is InChI=1S/C15H7BrClF3N2O/c16-9-5-4-8-7-21-22(12(8)6-9)14(23)13-10(15(18,19)20)2-1-3-11(13)17/h1-7H. The predicted molar refractivity (Wildman–Crippen MR) is 83.6 cm³/mol. The van der Waals surface area contributed by atoms with Gasteiger partial charge in [-0.2, -0.15) is 23.0 Å². The molecule has 0 saturated carbocycles. The van der Waals surface area contributed by atoms with E-state index in [4.69, 9.17) is 11.6 Å². The lowest BCUT2D eigenvalue weighted by atomic mass is 10.1. The molecule has 0 radical (unpaired) electrons. The van der Waals surface area contributed by atoms with Gasteiger partial charge in [0.05, 0.1) is 27.9 Å². The fourth-order valence-electron chi connectivity index (χ4n) is 2.24. The molecule has 0 N–H and O–H groups in total. The van der Waals surface area contributed by atoms with E-state index < -0.39 is 23.2 Å². The molecule has 118 valence electrons. The van der Waals surface area contributed by atoms with Gasteiger partial charge in [0, 0.05) is 9.86 Å². The Kier molecular flexibility index (Phi) is 3.93. The van der Waals surface area contributed by atoms with Crippen molar-refractivity contribution in [1.29, 1.82) is 0 Å². The number of alkyl halides is 3. The third-order valence-electron chi connectivity index (χ3n) is 3.26. The minimum atomic E-state index is -4.70. The van der Waals surface area contributed by atoms with Gasteiger partial charge in [-0.1, -0.05) is 39.7 Å². The summed E-state index contributed by atoms with van der Waals surface area (Å²) in [5.41, 5.74) is -1.32. The largest absolute Gasteiger partial charge is 0.417 e. The van der Waals surface area contributed by atoms with Crippen LogP contribution in [-0.4, -0.2) is 15.7 Å². The van der Waals surface area contributed by atoms with Crippen LogP contribution in [0.25, 0.3) is 10.9 Å². The number of hydrogen-bond donors (Lipinski definition) is 0. The van der Waals surface area contributed by atoms with E-state index in [9.17, 15) is 18.0 Å². The zero-order chi connectivity index (χ0) is 16.8. The maximum atomic E-state index is 13.2. The van der Waals surface area contributed by atoms with E-state index in [2.05, 4.69) is 21.0 Å². The van der Waals surface area contributed by atoms with E-state index in [-0.39, 0.29) is 5.02 Å². The Morgan fingerprint density at radius 2 is 1.96 bits per heavy atom. The van der Waals surface area contributed by atoms with Gasteiger partial charge in [0.15, 0.2) is 0 Å². The second kappa shape index (κ2) is 5.65. The number of benzene rings is 2. The van der Waals surface area contributed by atoms with Crippen molar-refractivity contribution < 1.29 is 18.0 Å². The van der Waals surface area contributed by atoms with Crippen LogP contribution in [0.1, 0.15) is 15.9 Å². The van der Waals surface area contributed by atoms with Crippen molar-refractivity contribution >= 4 is 44.3 Å². The highest BCUT2D eigenvalue weighted by Gasteiger charge is 2.37. The first-order valence-electron chi connectivity index (χ1n) is 6.33. The molecule has 0 amide bonds. The number of nitrogens with zero attached hydrogens (tertiary/aromatic N) is 2. The molecule has 0 aliphatic carbocycles. The Morgan fingerprint density at radius 3 is 2.65 bits per heavy atom. The molecular weight excluding hydrogens is 397 g/mol. The number of fused-ring (bicyclic) bond motifs is 1. The lowest BCUT2D eigenvalue weighted by Gasteiger charge is -2.13. The number of rotatable bonds is 1. The zero-order valence-corrected chi connectivity index (χ0v) is 13.6. The van der Waals surface area contributed by atoms with E-state index in [1.54, 1.807) is 18.2 Å². The number of hydrogen-bond acceptors (Lipinski definition) is 2. The summed E-state index contributed by atoms with van der Waals surface area (Å²) >= 11 is 9.12. The quantitative estimate of drug-likeness (QED) is 0.562. The Hall–Kier alpha value is -1.86. The molecule has 0 aliphatic rings. The second-order valence-electron chi connectivity index (χ2n) is 4.72. The highest BCUT2D eigenvalue weighted by molar-refractivity contribution is 9.10. The van der Waals surface area contributed by atoms with Crippen LogP contribution in [0, 0.1) is 0 Å². The Labute approximate surface area is 141 Å². The average molecular weight is 404 g/mol. The minimum absolute atomic E-state index is 0.275. The Balaban J connectivity index is 2.23. The molecule has 0 spiro atoms. The van der Waals surface area contributed by atoms with Crippen molar-refractivity contribution in [3.63, 3.8) is 0 Å². The van der Waals surface area contributed by atoms with Gasteiger partial charge in [-0.3, -0.25) is 4.79 Å². The van der Waals surface area contributed by atoms with Crippen LogP contribution in [0.15, 0.2) is 47.1 Å². The summed E-state index contributed by atoms with van der Waals surface area (Å²) in [4.78, 5) is 12.6. The van der Waals surface area contributed by atoms with Crippen LogP contribution in [0.4, 0.5) is 13.2 Å². The molecule has 3 nitrogen and oxygen atoms in total. The molecule has 0 saturated heterocycles. The lowest BCUT2D eigenvalue weighted by Crippen LogP contribution is -2.20. The van der Waals surface area contributed by atoms with E-state index >= 15 is 0 Å². The van der Waals surface area contributed by atoms with Gasteiger partial charge < -0.3 is 0 Å². The first-order chi connectivity index (χ1) is 10.8. The van der Waals surface area contributed by atoms with Crippen molar-refractivity contribution in [3.05, 3.63) is 63.2 Å². The van der Waals surface area contributed by atoms with Crippen molar-refractivity contribution in [2.75, 3.05) is 0 Å². The topological polar surface area (TPSA) is 34.9 Å². The summed E-state index contributed by atoms with van der Waals surface area (Å²) in [6.07, 6.45) is -3.29. The summed E-state index contributed by atoms with van der Waals surface area (Å²) in [6.45, 7) is 0. The van der Waals surface area contributed by atoms with Gasteiger partial charge in [0.2, 0.25) is 0 Å². The molecule has 0 unspecified atom stereocenters. The first kappa shape index (κ1) is 16.0. The molecule has 1 aromatic heterocycles. The predicted octanol–water partition coefficient (Wildman–Crippen LogP) is 5.16. The average Bonchev–Trinajstić information content (AvgIpc) is 2.88. The number of carbonyl (C=O) groups excluding carboxylic acids is 1. The zero-order valence-electron chi connectivity index (χ0n) is 11.2. The maximum Gasteiger partial charge on any atom is 0.417 e. The van der Waals surface area contributed by atoms with E-state index in [0.29, 0.717) is 15.4 Å². The highest BCUT2D eigenvalue weighted by Crippen LogP contribution is 2.35. The van der Waals surface area contributed by atoms with Gasteiger partial charge in [-0.15, -0.1) is 0 Å². The second-order valence-corrected chi connectivity index (χ2v) is 6.05. The molecule has 23 heavy (non-hydrogen) atoms. The fraction of sp³-hybridized carbons (Fsp3) is 0.0667. The molecule has 0 aliphatic heterocycles. The molecule has 0 fully saturated rings. The molecule has 3 aromatic rings. The maximum absolute atomic E-state index is 13.2. The minimum Gasteiger partial charge on any atom is -0.267 e. The molecule has 2 aromatic carbocycles. The number of carbonyl (C=O) groups is 1. The number of halogens is 5.